The maximum atomic E-state index is 11.3. The van der Waals surface area contributed by atoms with Crippen molar-refractivity contribution < 1.29 is 8.76 Å². The van der Waals surface area contributed by atoms with Gasteiger partial charge in [0.15, 0.2) is 5.82 Å². The van der Waals surface area contributed by atoms with Gasteiger partial charge in [-0.2, -0.15) is 9.51 Å². The number of anilines is 1. The number of aryl methyl sites for hydroxylation is 1. The molecular weight excluding hydrogens is 364 g/mol. The standard InChI is InChI=1S/C15H21ClN6O2S/c1-3-18-22(25(23)24)11-5-15(6-11)7-20(8-15)14-13-10(2)4-12(16)21(13)19-9-17-14/h4,9,11,18H,3,5-8H2,1-2H3,(H,23,24)/p-1. The van der Waals surface area contributed by atoms with Gasteiger partial charge in [-0.05, 0) is 31.4 Å². The molecule has 25 heavy (non-hydrogen) atoms. The van der Waals surface area contributed by atoms with Gasteiger partial charge in [-0.25, -0.2) is 14.9 Å². The van der Waals surface area contributed by atoms with Crippen LogP contribution in [0.1, 0.15) is 25.3 Å². The molecule has 10 heteroatoms. The molecule has 2 aromatic heterocycles. The smallest absolute Gasteiger partial charge is 0.156 e. The highest BCUT2D eigenvalue weighted by molar-refractivity contribution is 7.76. The highest BCUT2D eigenvalue weighted by atomic mass is 35.5. The molecule has 2 aliphatic rings. The molecule has 0 bridgehead atoms. The van der Waals surface area contributed by atoms with E-state index in [4.69, 9.17) is 11.6 Å². The molecule has 8 nitrogen and oxygen atoms in total. The number of halogens is 1. The minimum atomic E-state index is -2.24. The Labute approximate surface area is 153 Å². The number of nitrogens with zero attached hydrogens (tertiary/aromatic N) is 5. The van der Waals surface area contributed by atoms with Crippen LogP contribution in [0, 0.1) is 12.3 Å². The van der Waals surface area contributed by atoms with Crippen LogP contribution in [-0.4, -0.2) is 53.5 Å². The summed E-state index contributed by atoms with van der Waals surface area (Å²) in [5.41, 5.74) is 5.09. The first-order valence-electron chi connectivity index (χ1n) is 8.30. The minimum Gasteiger partial charge on any atom is -0.759 e. The molecule has 1 saturated carbocycles. The summed E-state index contributed by atoms with van der Waals surface area (Å²) in [6.07, 6.45) is 3.26. The molecule has 1 saturated heterocycles. The van der Waals surface area contributed by atoms with Crippen LogP contribution < -0.4 is 10.3 Å². The second-order valence-electron chi connectivity index (χ2n) is 6.97. The van der Waals surface area contributed by atoms with Crippen LogP contribution in [0.3, 0.4) is 0 Å². The largest absolute Gasteiger partial charge is 0.759 e. The van der Waals surface area contributed by atoms with Crippen molar-refractivity contribution in [2.75, 3.05) is 24.5 Å². The fourth-order valence-electron chi connectivity index (χ4n) is 4.13. The number of aromatic nitrogens is 3. The van der Waals surface area contributed by atoms with Crippen LogP contribution in [0.5, 0.6) is 0 Å². The molecule has 0 aromatic carbocycles. The number of hydrogen-bond acceptors (Lipinski definition) is 6. The number of nitrogens with one attached hydrogen (secondary N) is 1. The van der Waals surface area contributed by atoms with E-state index in [9.17, 15) is 8.76 Å². The van der Waals surface area contributed by atoms with Crippen molar-refractivity contribution in [3.63, 3.8) is 0 Å². The van der Waals surface area contributed by atoms with E-state index in [1.165, 1.54) is 10.7 Å². The summed E-state index contributed by atoms with van der Waals surface area (Å²) in [4.78, 5) is 6.68. The Hall–Kier alpha value is -1.26. The first-order valence-corrected chi connectivity index (χ1v) is 9.71. The minimum absolute atomic E-state index is 0.0373. The van der Waals surface area contributed by atoms with E-state index in [0.717, 1.165) is 42.8 Å². The van der Waals surface area contributed by atoms with E-state index in [-0.39, 0.29) is 11.5 Å². The summed E-state index contributed by atoms with van der Waals surface area (Å²) in [7, 11) is 0. The molecule has 1 aliphatic heterocycles. The van der Waals surface area contributed by atoms with Crippen molar-refractivity contribution >= 4 is 34.2 Å². The number of fused-ring (bicyclic) bond motifs is 1. The predicted octanol–water partition coefficient (Wildman–Crippen LogP) is 1.28. The van der Waals surface area contributed by atoms with Gasteiger partial charge in [0.05, 0.1) is 0 Å². The van der Waals surface area contributed by atoms with Crippen LogP contribution >= 0.6 is 11.6 Å². The Bertz CT molecular complexity index is 829. The highest BCUT2D eigenvalue weighted by Gasteiger charge is 2.54. The summed E-state index contributed by atoms with van der Waals surface area (Å²) in [5.74, 6) is 0.893. The molecule has 3 heterocycles. The van der Waals surface area contributed by atoms with E-state index in [1.807, 2.05) is 19.9 Å². The fourth-order valence-corrected chi connectivity index (χ4v) is 5.05. The van der Waals surface area contributed by atoms with E-state index in [0.29, 0.717) is 11.7 Å². The molecule has 4 rings (SSSR count). The molecule has 0 radical (unpaired) electrons. The van der Waals surface area contributed by atoms with Gasteiger partial charge in [0.25, 0.3) is 0 Å². The molecule has 1 spiro atoms. The van der Waals surface area contributed by atoms with Gasteiger partial charge < -0.3 is 9.45 Å². The Kier molecular flexibility index (Phi) is 4.24. The lowest BCUT2D eigenvalue weighted by atomic mass is 9.61. The fraction of sp³-hybridized carbons (Fsp3) is 0.600. The Morgan fingerprint density at radius 3 is 2.88 bits per heavy atom. The lowest BCUT2D eigenvalue weighted by Crippen LogP contribution is -2.68. The summed E-state index contributed by atoms with van der Waals surface area (Å²) in [6, 6.07) is 1.93. The molecule has 1 unspecified atom stereocenters. The Morgan fingerprint density at radius 2 is 2.24 bits per heavy atom. The van der Waals surface area contributed by atoms with E-state index in [1.54, 1.807) is 4.52 Å². The van der Waals surface area contributed by atoms with Gasteiger partial charge in [0.2, 0.25) is 0 Å². The van der Waals surface area contributed by atoms with E-state index in [2.05, 4.69) is 20.4 Å². The Morgan fingerprint density at radius 1 is 1.52 bits per heavy atom. The first kappa shape index (κ1) is 17.2. The molecule has 2 fully saturated rings. The third-order valence-electron chi connectivity index (χ3n) is 5.18. The lowest BCUT2D eigenvalue weighted by molar-refractivity contribution is -0.00247. The van der Waals surface area contributed by atoms with E-state index >= 15 is 0 Å². The molecule has 1 atom stereocenters. The van der Waals surface area contributed by atoms with Gasteiger partial charge in [0, 0.05) is 42.4 Å². The van der Waals surface area contributed by atoms with Gasteiger partial charge in [-0.1, -0.05) is 18.5 Å². The monoisotopic (exact) mass is 383 g/mol. The van der Waals surface area contributed by atoms with Crippen LogP contribution in [0.2, 0.25) is 5.15 Å². The normalized spacial score (nSPS) is 20.9. The molecule has 136 valence electrons. The number of hydrogen-bond donors (Lipinski definition) is 1. The topological polar surface area (TPSA) is 88.8 Å². The first-order chi connectivity index (χ1) is 11.9. The Balaban J connectivity index is 1.46. The average molecular weight is 384 g/mol. The van der Waals surface area contributed by atoms with Crippen molar-refractivity contribution in [3.8, 4) is 0 Å². The van der Waals surface area contributed by atoms with Crippen LogP contribution in [0.15, 0.2) is 12.4 Å². The van der Waals surface area contributed by atoms with Crippen molar-refractivity contribution in [2.45, 2.75) is 32.7 Å². The average Bonchev–Trinajstić information content (AvgIpc) is 2.78. The summed E-state index contributed by atoms with van der Waals surface area (Å²) in [6.45, 7) is 6.25. The highest BCUT2D eigenvalue weighted by Crippen LogP contribution is 2.51. The zero-order valence-electron chi connectivity index (χ0n) is 14.1. The van der Waals surface area contributed by atoms with Crippen molar-refractivity contribution in [1.29, 1.82) is 0 Å². The van der Waals surface area contributed by atoms with Crippen LogP contribution in [0.25, 0.3) is 5.52 Å². The predicted molar refractivity (Wildman–Crippen MR) is 94.8 cm³/mol. The second-order valence-corrected chi connectivity index (χ2v) is 8.18. The quantitative estimate of drug-likeness (QED) is 0.618. The molecule has 2 aromatic rings. The third-order valence-corrected chi connectivity index (χ3v) is 6.20. The number of rotatable bonds is 5. The molecule has 1 N–H and O–H groups in total. The zero-order chi connectivity index (χ0) is 17.8. The maximum Gasteiger partial charge on any atom is 0.156 e. The molecule has 1 aliphatic carbocycles. The summed E-state index contributed by atoms with van der Waals surface area (Å²) < 4.78 is 25.7. The van der Waals surface area contributed by atoms with Gasteiger partial charge in [-0.15, -0.1) is 0 Å². The van der Waals surface area contributed by atoms with Crippen molar-refractivity contribution in [2.24, 2.45) is 5.41 Å². The van der Waals surface area contributed by atoms with Gasteiger partial charge in [-0.3, -0.25) is 4.21 Å². The SMILES string of the molecule is CCNN(C1CC2(C1)CN(c1ncnn3c(Cl)cc(C)c13)C2)S(=O)[O-]. The van der Waals surface area contributed by atoms with Gasteiger partial charge in [0.1, 0.15) is 17.0 Å². The second kappa shape index (κ2) is 6.17. The van der Waals surface area contributed by atoms with Crippen LogP contribution in [0.4, 0.5) is 5.82 Å². The molecule has 0 amide bonds. The lowest BCUT2D eigenvalue weighted by Gasteiger charge is -2.61. The van der Waals surface area contributed by atoms with Crippen molar-refractivity contribution in [1.82, 2.24) is 24.4 Å². The third kappa shape index (κ3) is 2.74. The van der Waals surface area contributed by atoms with Gasteiger partial charge >= 0.3 is 0 Å². The summed E-state index contributed by atoms with van der Waals surface area (Å²) >= 11 is 3.97. The van der Waals surface area contributed by atoms with Crippen molar-refractivity contribution in [3.05, 3.63) is 23.1 Å². The maximum absolute atomic E-state index is 11.3. The van der Waals surface area contributed by atoms with E-state index < -0.39 is 11.3 Å². The summed E-state index contributed by atoms with van der Waals surface area (Å²) in [5, 5.41) is 4.79. The zero-order valence-corrected chi connectivity index (χ0v) is 15.7. The number of hydrazine groups is 1. The van der Waals surface area contributed by atoms with Crippen LogP contribution in [-0.2, 0) is 11.3 Å². The molecular formula is C15H20ClN6O2S-.